The van der Waals surface area contributed by atoms with Gasteiger partial charge in [0.2, 0.25) is 0 Å². The molecule has 1 rings (SSSR count). The average Bonchev–Trinajstić information content (AvgIpc) is 2.48. The second-order valence-corrected chi connectivity index (χ2v) is 4.70. The molecule has 0 heterocycles. The van der Waals surface area contributed by atoms with Crippen LogP contribution in [0.1, 0.15) is 25.7 Å². The van der Waals surface area contributed by atoms with Crippen molar-refractivity contribution in [3.8, 4) is 0 Å². The standard InChI is InChI=1S/C16H22F2N2O/c1-13(20-16-9-7-14(17)8-10-16)19-11-5-3-2-4-6-15(18)12-21/h6-10,19-21H,1-5,11-12H2/b15-6-. The predicted octanol–water partition coefficient (Wildman–Crippen LogP) is 3.70. The summed E-state index contributed by atoms with van der Waals surface area (Å²) in [5.41, 5.74) is 0.776. The number of rotatable bonds is 10. The molecule has 3 N–H and O–H groups in total. The monoisotopic (exact) mass is 296 g/mol. The van der Waals surface area contributed by atoms with Gasteiger partial charge in [-0.1, -0.05) is 19.1 Å². The molecular formula is C16H22F2N2O. The van der Waals surface area contributed by atoms with Crippen LogP contribution < -0.4 is 10.6 Å². The lowest BCUT2D eigenvalue weighted by molar-refractivity contribution is 0.297. The Morgan fingerprint density at radius 1 is 1.19 bits per heavy atom. The Labute approximate surface area is 124 Å². The largest absolute Gasteiger partial charge is 0.389 e. The molecule has 0 bridgehead atoms. The molecule has 0 atom stereocenters. The highest BCUT2D eigenvalue weighted by molar-refractivity contribution is 5.47. The molecule has 1 aromatic carbocycles. The molecule has 0 saturated heterocycles. The zero-order chi connectivity index (χ0) is 15.5. The van der Waals surface area contributed by atoms with Crippen molar-refractivity contribution in [1.82, 2.24) is 5.32 Å². The summed E-state index contributed by atoms with van der Waals surface area (Å²) in [5, 5.41) is 14.6. The molecule has 3 nitrogen and oxygen atoms in total. The second-order valence-electron chi connectivity index (χ2n) is 4.70. The maximum atomic E-state index is 12.7. The summed E-state index contributed by atoms with van der Waals surface area (Å²) in [6, 6.07) is 6.05. The fourth-order valence-corrected chi connectivity index (χ4v) is 1.76. The molecule has 0 aliphatic rings. The minimum atomic E-state index is -0.517. The van der Waals surface area contributed by atoms with Gasteiger partial charge in [-0.15, -0.1) is 0 Å². The van der Waals surface area contributed by atoms with E-state index in [1.807, 2.05) is 0 Å². The fraction of sp³-hybridized carbons (Fsp3) is 0.375. The molecule has 21 heavy (non-hydrogen) atoms. The third-order valence-corrected chi connectivity index (χ3v) is 2.88. The maximum absolute atomic E-state index is 12.7. The third-order valence-electron chi connectivity index (χ3n) is 2.88. The third kappa shape index (κ3) is 8.09. The zero-order valence-electron chi connectivity index (χ0n) is 12.0. The number of nitrogens with one attached hydrogen (secondary N) is 2. The van der Waals surface area contributed by atoms with Crippen molar-refractivity contribution in [3.63, 3.8) is 0 Å². The van der Waals surface area contributed by atoms with E-state index < -0.39 is 12.4 Å². The van der Waals surface area contributed by atoms with Crippen molar-refractivity contribution in [2.24, 2.45) is 0 Å². The van der Waals surface area contributed by atoms with Crippen LogP contribution in [0.5, 0.6) is 0 Å². The van der Waals surface area contributed by atoms with Crippen LogP contribution in [0.3, 0.4) is 0 Å². The van der Waals surface area contributed by atoms with Crippen LogP contribution >= 0.6 is 0 Å². The summed E-state index contributed by atoms with van der Waals surface area (Å²) in [6.45, 7) is 4.08. The molecule has 1 aromatic rings. The Balaban J connectivity index is 2.07. The Bertz CT molecular complexity index is 458. The molecule has 0 amide bonds. The van der Waals surface area contributed by atoms with Crippen molar-refractivity contribution in [2.75, 3.05) is 18.5 Å². The molecule has 0 aliphatic heterocycles. The predicted molar refractivity (Wildman–Crippen MR) is 81.9 cm³/mol. The van der Waals surface area contributed by atoms with Gasteiger partial charge in [-0.3, -0.25) is 0 Å². The lowest BCUT2D eigenvalue weighted by atomic mass is 10.2. The van der Waals surface area contributed by atoms with Gasteiger partial charge in [0, 0.05) is 12.2 Å². The fourth-order valence-electron chi connectivity index (χ4n) is 1.76. The summed E-state index contributed by atoms with van der Waals surface area (Å²) in [7, 11) is 0. The normalized spacial score (nSPS) is 11.3. The summed E-state index contributed by atoms with van der Waals surface area (Å²) in [6.07, 6.45) is 4.85. The van der Waals surface area contributed by atoms with Crippen molar-refractivity contribution < 1.29 is 13.9 Å². The van der Waals surface area contributed by atoms with Gasteiger partial charge >= 0.3 is 0 Å². The summed E-state index contributed by atoms with van der Waals surface area (Å²) >= 11 is 0. The van der Waals surface area contributed by atoms with E-state index in [0.717, 1.165) is 31.5 Å². The molecular weight excluding hydrogens is 274 g/mol. The summed E-state index contributed by atoms with van der Waals surface area (Å²) < 4.78 is 25.3. The smallest absolute Gasteiger partial charge is 0.123 e. The second kappa shape index (κ2) is 9.94. The van der Waals surface area contributed by atoms with Crippen LogP contribution in [0.2, 0.25) is 0 Å². The van der Waals surface area contributed by atoms with E-state index in [4.69, 9.17) is 5.11 Å². The van der Waals surface area contributed by atoms with Crippen LogP contribution in [-0.4, -0.2) is 18.3 Å². The number of aliphatic hydroxyl groups is 1. The van der Waals surface area contributed by atoms with E-state index in [2.05, 4.69) is 17.2 Å². The Kier molecular flexibility index (Phi) is 8.12. The number of unbranched alkanes of at least 4 members (excludes halogenated alkanes) is 3. The topological polar surface area (TPSA) is 44.3 Å². The molecule has 0 unspecified atom stereocenters. The number of hydrogen-bond donors (Lipinski definition) is 3. The van der Waals surface area contributed by atoms with E-state index in [1.54, 1.807) is 12.1 Å². The lowest BCUT2D eigenvalue weighted by Crippen LogP contribution is -2.19. The quantitative estimate of drug-likeness (QED) is 0.577. The van der Waals surface area contributed by atoms with E-state index in [0.29, 0.717) is 12.2 Å². The van der Waals surface area contributed by atoms with E-state index in [1.165, 1.54) is 18.2 Å². The highest BCUT2D eigenvalue weighted by Crippen LogP contribution is 2.09. The molecule has 0 saturated carbocycles. The van der Waals surface area contributed by atoms with Crippen LogP contribution in [0, 0.1) is 5.82 Å². The van der Waals surface area contributed by atoms with Gasteiger partial charge in [-0.05, 0) is 43.5 Å². The minimum Gasteiger partial charge on any atom is -0.389 e. The van der Waals surface area contributed by atoms with Gasteiger partial charge < -0.3 is 15.7 Å². The number of hydrogen-bond acceptors (Lipinski definition) is 3. The highest BCUT2D eigenvalue weighted by atomic mass is 19.1. The first-order valence-corrected chi connectivity index (χ1v) is 7.02. The molecule has 0 radical (unpaired) electrons. The average molecular weight is 296 g/mol. The van der Waals surface area contributed by atoms with Crippen molar-refractivity contribution in [3.05, 3.63) is 54.4 Å². The minimum absolute atomic E-state index is 0.272. The van der Waals surface area contributed by atoms with Gasteiger partial charge in [0.15, 0.2) is 0 Å². The van der Waals surface area contributed by atoms with Crippen molar-refractivity contribution in [1.29, 1.82) is 0 Å². The van der Waals surface area contributed by atoms with Crippen molar-refractivity contribution in [2.45, 2.75) is 25.7 Å². The Morgan fingerprint density at radius 2 is 1.90 bits per heavy atom. The SMILES string of the molecule is C=C(NCCCCC/C=C(\F)CO)Nc1ccc(F)cc1. The van der Waals surface area contributed by atoms with E-state index >= 15 is 0 Å². The first-order chi connectivity index (χ1) is 10.1. The molecule has 116 valence electrons. The Hall–Kier alpha value is -1.88. The maximum Gasteiger partial charge on any atom is 0.123 e. The molecule has 0 aliphatic carbocycles. The number of allylic oxidation sites excluding steroid dienone is 1. The molecule has 5 heteroatoms. The van der Waals surface area contributed by atoms with Crippen LogP contribution in [0.25, 0.3) is 0 Å². The number of anilines is 1. The van der Waals surface area contributed by atoms with E-state index in [9.17, 15) is 8.78 Å². The zero-order valence-corrected chi connectivity index (χ0v) is 12.0. The molecule has 0 aromatic heterocycles. The molecule has 0 fully saturated rings. The van der Waals surface area contributed by atoms with Crippen LogP contribution in [0.15, 0.2) is 48.6 Å². The van der Waals surface area contributed by atoms with E-state index in [-0.39, 0.29) is 5.82 Å². The summed E-state index contributed by atoms with van der Waals surface area (Å²) in [4.78, 5) is 0. The van der Waals surface area contributed by atoms with Crippen LogP contribution in [0.4, 0.5) is 14.5 Å². The van der Waals surface area contributed by atoms with Gasteiger partial charge in [-0.25, -0.2) is 8.78 Å². The van der Waals surface area contributed by atoms with Crippen LogP contribution in [-0.2, 0) is 0 Å². The number of aliphatic hydroxyl groups excluding tert-OH is 1. The number of halogens is 2. The van der Waals surface area contributed by atoms with Gasteiger partial charge in [-0.2, -0.15) is 0 Å². The van der Waals surface area contributed by atoms with Gasteiger partial charge in [0.25, 0.3) is 0 Å². The van der Waals surface area contributed by atoms with Crippen molar-refractivity contribution >= 4 is 5.69 Å². The first kappa shape index (κ1) is 17.2. The van der Waals surface area contributed by atoms with Gasteiger partial charge in [0.05, 0.1) is 12.4 Å². The lowest BCUT2D eigenvalue weighted by Gasteiger charge is -2.12. The number of benzene rings is 1. The highest BCUT2D eigenvalue weighted by Gasteiger charge is 1.96. The first-order valence-electron chi connectivity index (χ1n) is 7.02. The summed E-state index contributed by atoms with van der Waals surface area (Å²) in [5.74, 6) is -0.0800. The molecule has 0 spiro atoms. The van der Waals surface area contributed by atoms with Gasteiger partial charge in [0.1, 0.15) is 11.6 Å². The Morgan fingerprint density at radius 3 is 2.57 bits per heavy atom.